The smallest absolute Gasteiger partial charge is 0.240 e. The van der Waals surface area contributed by atoms with Gasteiger partial charge >= 0.3 is 0 Å². The van der Waals surface area contributed by atoms with Crippen molar-refractivity contribution in [3.63, 3.8) is 0 Å². The van der Waals surface area contributed by atoms with Crippen LogP contribution >= 0.6 is 0 Å². The topological polar surface area (TPSA) is 41.1 Å². The highest BCUT2D eigenvalue weighted by Crippen LogP contribution is 2.15. The van der Waals surface area contributed by atoms with Gasteiger partial charge < -0.3 is 10.6 Å². The van der Waals surface area contributed by atoms with Gasteiger partial charge in [-0.2, -0.15) is 0 Å². The van der Waals surface area contributed by atoms with Crippen LogP contribution in [0.3, 0.4) is 0 Å². The van der Waals surface area contributed by atoms with Crippen LogP contribution in [0.4, 0.5) is 0 Å². The van der Waals surface area contributed by atoms with Crippen LogP contribution in [0.25, 0.3) is 0 Å². The molecule has 0 saturated carbocycles. The Kier molecular flexibility index (Phi) is 4.59. The molecule has 1 amide bonds. The third-order valence-electron chi connectivity index (χ3n) is 3.17. The molecule has 0 fully saturated rings. The van der Waals surface area contributed by atoms with Crippen molar-refractivity contribution in [2.45, 2.75) is 58.5 Å². The number of carbonyl (C=O) groups excluding carboxylic acids is 1. The average molecular weight is 200 g/mol. The Morgan fingerprint density at radius 2 is 1.57 bits per heavy atom. The first-order valence-corrected chi connectivity index (χ1v) is 5.33. The Labute approximate surface area is 87.6 Å². The average Bonchev–Trinajstić information content (AvgIpc) is 2.17. The van der Waals surface area contributed by atoms with E-state index in [1.54, 1.807) is 7.05 Å². The van der Waals surface area contributed by atoms with E-state index in [0.29, 0.717) is 0 Å². The normalized spacial score (nSPS) is 12.7. The van der Waals surface area contributed by atoms with Crippen molar-refractivity contribution in [3.05, 3.63) is 0 Å². The van der Waals surface area contributed by atoms with E-state index in [1.807, 2.05) is 13.8 Å². The van der Waals surface area contributed by atoms with Crippen molar-refractivity contribution >= 4 is 5.91 Å². The largest absolute Gasteiger partial charge is 0.349 e. The molecule has 2 N–H and O–H groups in total. The predicted octanol–water partition coefficient (Wildman–Crippen LogP) is 1.68. The number of likely N-dealkylation sites (N-methyl/N-ethyl adjacent to an activating group) is 1. The molecule has 0 aliphatic carbocycles. The lowest BCUT2D eigenvalue weighted by atomic mass is 9.93. The summed E-state index contributed by atoms with van der Waals surface area (Å²) in [5.74, 6) is 0.0613. The Morgan fingerprint density at radius 3 is 1.86 bits per heavy atom. The molecule has 0 aromatic carbocycles. The van der Waals surface area contributed by atoms with E-state index < -0.39 is 5.54 Å². The Hall–Kier alpha value is -0.570. The predicted molar refractivity (Wildman–Crippen MR) is 60.3 cm³/mol. The van der Waals surface area contributed by atoms with Gasteiger partial charge in [0.25, 0.3) is 0 Å². The molecule has 0 rings (SSSR count). The zero-order chi connectivity index (χ0) is 11.4. The molecule has 3 nitrogen and oxygen atoms in total. The SMILES string of the molecule is CCC(C)(CC)NC(=O)C(C)(C)NC. The van der Waals surface area contributed by atoms with E-state index in [4.69, 9.17) is 0 Å². The summed E-state index contributed by atoms with van der Waals surface area (Å²) >= 11 is 0. The first kappa shape index (κ1) is 13.4. The van der Waals surface area contributed by atoms with Gasteiger partial charge in [-0.15, -0.1) is 0 Å². The van der Waals surface area contributed by atoms with Gasteiger partial charge in [0.15, 0.2) is 0 Å². The molecule has 0 aromatic rings. The van der Waals surface area contributed by atoms with Crippen molar-refractivity contribution in [1.82, 2.24) is 10.6 Å². The highest BCUT2D eigenvalue weighted by atomic mass is 16.2. The van der Waals surface area contributed by atoms with Crippen molar-refractivity contribution in [3.8, 4) is 0 Å². The molecule has 3 heteroatoms. The summed E-state index contributed by atoms with van der Waals surface area (Å²) in [7, 11) is 1.80. The second kappa shape index (κ2) is 4.78. The fourth-order valence-corrected chi connectivity index (χ4v) is 0.971. The second-order valence-electron chi connectivity index (χ2n) is 4.60. The van der Waals surface area contributed by atoms with Crippen molar-refractivity contribution in [2.75, 3.05) is 7.05 Å². The van der Waals surface area contributed by atoms with Gasteiger partial charge in [-0.3, -0.25) is 4.79 Å². The summed E-state index contributed by atoms with van der Waals surface area (Å²) in [5.41, 5.74) is -0.573. The van der Waals surface area contributed by atoms with Crippen molar-refractivity contribution in [1.29, 1.82) is 0 Å². The maximum absolute atomic E-state index is 11.9. The number of carbonyl (C=O) groups is 1. The van der Waals surface area contributed by atoms with Gasteiger partial charge in [0.05, 0.1) is 5.54 Å². The van der Waals surface area contributed by atoms with Gasteiger partial charge in [-0.05, 0) is 40.7 Å². The monoisotopic (exact) mass is 200 g/mol. The molecule has 0 unspecified atom stereocenters. The standard InChI is InChI=1S/C11H24N2O/c1-7-11(5,8-2)13-9(14)10(3,4)12-6/h12H,7-8H2,1-6H3,(H,13,14). The lowest BCUT2D eigenvalue weighted by Crippen LogP contribution is -2.57. The first-order chi connectivity index (χ1) is 6.31. The van der Waals surface area contributed by atoms with Gasteiger partial charge in [-0.1, -0.05) is 13.8 Å². The van der Waals surface area contributed by atoms with Gasteiger partial charge in [0.1, 0.15) is 0 Å². The minimum atomic E-state index is -0.494. The van der Waals surface area contributed by atoms with Crippen molar-refractivity contribution < 1.29 is 4.79 Å². The molecule has 0 radical (unpaired) electrons. The van der Waals surface area contributed by atoms with Gasteiger partial charge in [0.2, 0.25) is 5.91 Å². The fourth-order valence-electron chi connectivity index (χ4n) is 0.971. The maximum Gasteiger partial charge on any atom is 0.240 e. The number of hydrogen-bond acceptors (Lipinski definition) is 2. The van der Waals surface area contributed by atoms with E-state index in [0.717, 1.165) is 12.8 Å². The first-order valence-electron chi connectivity index (χ1n) is 5.33. The molecule has 14 heavy (non-hydrogen) atoms. The summed E-state index contributed by atoms with van der Waals surface area (Å²) in [4.78, 5) is 11.9. The molecule has 0 saturated heterocycles. The van der Waals surface area contributed by atoms with Gasteiger partial charge in [0, 0.05) is 5.54 Å². The number of rotatable bonds is 5. The zero-order valence-corrected chi connectivity index (χ0v) is 10.3. The molecule has 0 aliphatic rings. The molecule has 0 spiro atoms. The lowest BCUT2D eigenvalue weighted by Gasteiger charge is -2.33. The van der Waals surface area contributed by atoms with E-state index in [2.05, 4.69) is 31.4 Å². The third-order valence-corrected chi connectivity index (χ3v) is 3.17. The molecule has 0 aliphatic heterocycles. The molecule has 0 aromatic heterocycles. The minimum Gasteiger partial charge on any atom is -0.349 e. The second-order valence-corrected chi connectivity index (χ2v) is 4.60. The fraction of sp³-hybridized carbons (Fsp3) is 0.909. The number of nitrogens with one attached hydrogen (secondary N) is 2. The number of amides is 1. The Bertz CT molecular complexity index is 195. The Morgan fingerprint density at radius 1 is 1.14 bits per heavy atom. The van der Waals surface area contributed by atoms with E-state index >= 15 is 0 Å². The molecular formula is C11H24N2O. The minimum absolute atomic E-state index is 0.0613. The number of hydrogen-bond donors (Lipinski definition) is 2. The van der Waals surface area contributed by atoms with E-state index in [1.165, 1.54) is 0 Å². The van der Waals surface area contributed by atoms with Crippen LogP contribution in [0, 0.1) is 0 Å². The summed E-state index contributed by atoms with van der Waals surface area (Å²) < 4.78 is 0. The third kappa shape index (κ3) is 3.29. The highest BCUT2D eigenvalue weighted by Gasteiger charge is 2.30. The molecule has 0 heterocycles. The van der Waals surface area contributed by atoms with Gasteiger partial charge in [-0.25, -0.2) is 0 Å². The van der Waals surface area contributed by atoms with Crippen LogP contribution in [0.2, 0.25) is 0 Å². The highest BCUT2D eigenvalue weighted by molar-refractivity contribution is 5.85. The van der Waals surface area contributed by atoms with E-state index in [-0.39, 0.29) is 11.4 Å². The van der Waals surface area contributed by atoms with Crippen LogP contribution in [-0.4, -0.2) is 24.0 Å². The molecule has 0 atom stereocenters. The molecule has 84 valence electrons. The summed E-state index contributed by atoms with van der Waals surface area (Å²) in [5, 5.41) is 6.08. The van der Waals surface area contributed by atoms with Crippen LogP contribution in [0.1, 0.15) is 47.5 Å². The summed E-state index contributed by atoms with van der Waals surface area (Å²) in [6.07, 6.45) is 1.91. The molecular weight excluding hydrogens is 176 g/mol. The maximum atomic E-state index is 11.9. The van der Waals surface area contributed by atoms with Crippen molar-refractivity contribution in [2.24, 2.45) is 0 Å². The zero-order valence-electron chi connectivity index (χ0n) is 10.3. The van der Waals surface area contributed by atoms with Crippen LogP contribution in [0.5, 0.6) is 0 Å². The van der Waals surface area contributed by atoms with Crippen LogP contribution < -0.4 is 10.6 Å². The Balaban J connectivity index is 4.45. The molecule has 0 bridgehead atoms. The summed E-state index contributed by atoms with van der Waals surface area (Å²) in [6, 6.07) is 0. The summed E-state index contributed by atoms with van der Waals surface area (Å²) in [6.45, 7) is 10.0. The van der Waals surface area contributed by atoms with Crippen LogP contribution in [0.15, 0.2) is 0 Å². The van der Waals surface area contributed by atoms with E-state index in [9.17, 15) is 4.79 Å². The quantitative estimate of drug-likeness (QED) is 0.709. The van der Waals surface area contributed by atoms with Crippen LogP contribution in [-0.2, 0) is 4.79 Å². The lowest BCUT2D eigenvalue weighted by molar-refractivity contribution is -0.128.